The highest BCUT2D eigenvalue weighted by molar-refractivity contribution is 8.06. The number of nitriles is 1. The van der Waals surface area contributed by atoms with Gasteiger partial charge in [-0.05, 0) is 70.9 Å². The second-order valence-corrected chi connectivity index (χ2v) is 9.90. The summed E-state index contributed by atoms with van der Waals surface area (Å²) in [5.74, 6) is 0.477. The van der Waals surface area contributed by atoms with Gasteiger partial charge in [0.15, 0.2) is 0 Å². The van der Waals surface area contributed by atoms with E-state index in [1.165, 1.54) is 34.9 Å². The monoisotopic (exact) mass is 500 g/mol. The Balaban J connectivity index is 0.000000753. The molecule has 35 heavy (non-hydrogen) atoms. The van der Waals surface area contributed by atoms with Crippen molar-refractivity contribution in [3.63, 3.8) is 0 Å². The van der Waals surface area contributed by atoms with Crippen LogP contribution in [0.1, 0.15) is 112 Å². The normalized spacial score (nSPS) is 15.7. The van der Waals surface area contributed by atoms with Gasteiger partial charge in [0.1, 0.15) is 5.83 Å². The van der Waals surface area contributed by atoms with Crippen LogP contribution in [0.2, 0.25) is 0 Å². The first-order valence-electron chi connectivity index (χ1n) is 13.5. The predicted molar refractivity (Wildman–Crippen MR) is 157 cm³/mol. The molecule has 3 rings (SSSR count). The van der Waals surface area contributed by atoms with Crippen molar-refractivity contribution in [2.24, 2.45) is 11.3 Å². The minimum Gasteiger partial charge on any atom is -0.256 e. The lowest BCUT2D eigenvalue weighted by Gasteiger charge is -2.29. The van der Waals surface area contributed by atoms with E-state index in [1.807, 2.05) is 39.8 Å². The van der Waals surface area contributed by atoms with Gasteiger partial charge in [0.25, 0.3) is 0 Å². The van der Waals surface area contributed by atoms with Crippen molar-refractivity contribution in [3.05, 3.63) is 58.4 Å². The zero-order valence-electron chi connectivity index (χ0n) is 23.9. The highest BCUT2D eigenvalue weighted by atomic mass is 32.2. The van der Waals surface area contributed by atoms with Crippen LogP contribution in [0.25, 0.3) is 10.5 Å². The number of allylic oxidation sites excluding steroid dienone is 4. The first-order valence-corrected chi connectivity index (χ1v) is 14.3. The van der Waals surface area contributed by atoms with Crippen LogP contribution < -0.4 is 4.72 Å². The van der Waals surface area contributed by atoms with Gasteiger partial charge in [0, 0.05) is 11.4 Å². The average Bonchev–Trinajstić information content (AvgIpc) is 3.45. The van der Waals surface area contributed by atoms with Crippen molar-refractivity contribution >= 4 is 22.4 Å². The highest BCUT2D eigenvalue weighted by Gasteiger charge is 2.22. The lowest BCUT2D eigenvalue weighted by molar-refractivity contribution is 0.215. The fourth-order valence-corrected chi connectivity index (χ4v) is 4.65. The van der Waals surface area contributed by atoms with Crippen molar-refractivity contribution in [1.82, 2.24) is 4.72 Å². The summed E-state index contributed by atoms with van der Waals surface area (Å²) in [5, 5.41) is 8.93. The zero-order chi connectivity index (χ0) is 27.0. The van der Waals surface area contributed by atoms with Crippen LogP contribution in [0.4, 0.5) is 4.39 Å². The van der Waals surface area contributed by atoms with Crippen LogP contribution >= 0.6 is 11.9 Å². The number of hydrogen-bond acceptors (Lipinski definition) is 3. The third kappa shape index (κ3) is 9.62. The number of rotatable bonds is 6. The molecule has 0 bridgehead atoms. The van der Waals surface area contributed by atoms with E-state index in [9.17, 15) is 4.39 Å². The number of hydrogen-bond donors (Lipinski definition) is 1. The Morgan fingerprint density at radius 1 is 1.11 bits per heavy atom. The molecule has 0 radical (unpaired) electrons. The predicted octanol–water partition coefficient (Wildman–Crippen LogP) is 10.3. The second kappa shape index (κ2) is 17.6. The molecule has 0 aromatic heterocycles. The van der Waals surface area contributed by atoms with Crippen molar-refractivity contribution in [2.75, 3.05) is 6.54 Å². The minimum absolute atomic E-state index is 0.257. The molecule has 1 atom stereocenters. The van der Waals surface area contributed by atoms with Crippen LogP contribution in [0.15, 0.2) is 41.8 Å². The van der Waals surface area contributed by atoms with Gasteiger partial charge < -0.3 is 0 Å². The van der Waals surface area contributed by atoms with Crippen LogP contribution in [-0.2, 0) is 6.42 Å². The van der Waals surface area contributed by atoms with Crippen LogP contribution in [0.5, 0.6) is 0 Å². The molecule has 1 aromatic carbocycles. The summed E-state index contributed by atoms with van der Waals surface area (Å²) in [4.78, 5) is 1.21. The standard InChI is InChI=1S/C18H17FN2S.C9H20.2C2H6/c1-2-12-4-3-5-15(18(12)17-8-9-21-22-17)13-6-7-14(11-20)16(19)10-13;1-6-8(3)9(4,5)7-2;2*1-2/h3-5,8,10,21H,2,6-7,9H2,1H3;8H,6-7H2,1-5H3;2*1-2H3/t;8-;;/m.1../s1. The van der Waals surface area contributed by atoms with Gasteiger partial charge >= 0.3 is 0 Å². The van der Waals surface area contributed by atoms with E-state index in [1.54, 1.807) is 11.9 Å². The number of benzene rings is 1. The molecule has 2 nitrogen and oxygen atoms in total. The summed E-state index contributed by atoms with van der Waals surface area (Å²) in [6.45, 7) is 22.6. The summed E-state index contributed by atoms with van der Waals surface area (Å²) in [7, 11) is 0. The molecule has 4 heteroatoms. The molecule has 0 unspecified atom stereocenters. The van der Waals surface area contributed by atoms with E-state index in [2.05, 4.69) is 64.5 Å². The summed E-state index contributed by atoms with van der Waals surface area (Å²) in [6, 6.07) is 8.18. The molecule has 0 saturated heterocycles. The minimum atomic E-state index is -0.386. The Labute approximate surface area is 220 Å². The van der Waals surface area contributed by atoms with Gasteiger partial charge in [0.2, 0.25) is 0 Å². The van der Waals surface area contributed by atoms with Crippen LogP contribution in [-0.4, -0.2) is 6.54 Å². The molecule has 0 saturated carbocycles. The molecule has 0 amide bonds. The SMILES string of the molecule is CC.CC.CC[C@@H](C)C(C)(C)CC.CCc1cccc(C2=CC(F)=C(C#N)CC2)c1C1=CCNS1. The molecule has 2 aliphatic rings. The Morgan fingerprint density at radius 2 is 1.77 bits per heavy atom. The van der Waals surface area contributed by atoms with Crippen LogP contribution in [0, 0.1) is 22.7 Å². The van der Waals surface area contributed by atoms with E-state index in [0.29, 0.717) is 18.3 Å². The maximum atomic E-state index is 14.0. The van der Waals surface area contributed by atoms with E-state index in [-0.39, 0.29) is 11.4 Å². The van der Waals surface area contributed by atoms with E-state index in [4.69, 9.17) is 5.26 Å². The quantitative estimate of drug-likeness (QED) is 0.395. The van der Waals surface area contributed by atoms with E-state index in [0.717, 1.165) is 30.0 Å². The second-order valence-electron chi connectivity index (χ2n) is 8.97. The summed E-state index contributed by atoms with van der Waals surface area (Å²) >= 11 is 1.63. The third-order valence-electron chi connectivity index (χ3n) is 6.90. The topological polar surface area (TPSA) is 35.8 Å². The van der Waals surface area contributed by atoms with E-state index < -0.39 is 0 Å². The molecule has 1 heterocycles. The fraction of sp³-hybridized carbons (Fsp3) is 0.581. The van der Waals surface area contributed by atoms with Crippen molar-refractivity contribution in [1.29, 1.82) is 5.26 Å². The number of nitrogens with one attached hydrogen (secondary N) is 1. The summed E-state index contributed by atoms with van der Waals surface area (Å²) in [5.41, 5.74) is 5.36. The van der Waals surface area contributed by atoms with Gasteiger partial charge in [-0.15, -0.1) is 0 Å². The third-order valence-corrected chi connectivity index (χ3v) is 7.80. The Morgan fingerprint density at radius 3 is 2.20 bits per heavy atom. The zero-order valence-corrected chi connectivity index (χ0v) is 24.8. The first-order chi connectivity index (χ1) is 16.8. The molecule has 1 N–H and O–H groups in total. The van der Waals surface area contributed by atoms with Gasteiger partial charge in [-0.3, -0.25) is 4.72 Å². The maximum Gasteiger partial charge on any atom is 0.137 e. The highest BCUT2D eigenvalue weighted by Crippen LogP contribution is 2.40. The molecular formula is C31H49FN2S. The lowest BCUT2D eigenvalue weighted by Crippen LogP contribution is -2.19. The Hall–Kier alpha value is -1.83. The van der Waals surface area contributed by atoms with Gasteiger partial charge in [-0.2, -0.15) is 5.26 Å². The Kier molecular flexibility index (Phi) is 16.7. The van der Waals surface area contributed by atoms with Crippen molar-refractivity contribution in [2.45, 2.75) is 101 Å². The first kappa shape index (κ1) is 33.2. The van der Waals surface area contributed by atoms with Crippen molar-refractivity contribution < 1.29 is 4.39 Å². The number of aryl methyl sites for hydroxylation is 1. The Bertz CT molecular complexity index is 903. The van der Waals surface area contributed by atoms with Gasteiger partial charge in [-0.1, -0.05) is 106 Å². The van der Waals surface area contributed by atoms with Gasteiger partial charge in [-0.25, -0.2) is 4.39 Å². The van der Waals surface area contributed by atoms with Crippen LogP contribution in [0.3, 0.4) is 0 Å². The summed E-state index contributed by atoms with van der Waals surface area (Å²) < 4.78 is 17.3. The number of nitrogens with zero attached hydrogens (tertiary/aromatic N) is 1. The van der Waals surface area contributed by atoms with Crippen molar-refractivity contribution in [3.8, 4) is 6.07 Å². The molecule has 1 aromatic rings. The molecule has 1 aliphatic carbocycles. The molecule has 1 aliphatic heterocycles. The lowest BCUT2D eigenvalue weighted by atomic mass is 9.77. The largest absolute Gasteiger partial charge is 0.256 e. The van der Waals surface area contributed by atoms with Gasteiger partial charge in [0.05, 0.1) is 11.6 Å². The molecule has 0 spiro atoms. The molecular weight excluding hydrogens is 451 g/mol. The number of halogens is 1. The molecule has 196 valence electrons. The maximum absolute atomic E-state index is 14.0. The summed E-state index contributed by atoms with van der Waals surface area (Å²) in [6.07, 6.45) is 8.45. The smallest absolute Gasteiger partial charge is 0.137 e. The van der Waals surface area contributed by atoms with E-state index >= 15 is 0 Å². The fourth-order valence-electron chi connectivity index (χ4n) is 3.82. The molecule has 0 fully saturated rings. The average molecular weight is 501 g/mol.